The van der Waals surface area contributed by atoms with Gasteiger partial charge in [-0.15, -0.1) is 0 Å². The molecular weight excluding hydrogens is 196 g/mol. The van der Waals surface area contributed by atoms with Gasteiger partial charge in [0.15, 0.2) is 0 Å². The first-order chi connectivity index (χ1) is 7.09. The lowest BCUT2D eigenvalue weighted by molar-refractivity contribution is -0.140. The van der Waals surface area contributed by atoms with Crippen LogP contribution in [0.4, 0.5) is 0 Å². The Labute approximate surface area is 87.0 Å². The molecule has 1 fully saturated rings. The first kappa shape index (κ1) is 9.89. The fourth-order valence-corrected chi connectivity index (χ4v) is 1.69. The molecule has 2 heterocycles. The van der Waals surface area contributed by atoms with Gasteiger partial charge in [0, 0.05) is 18.5 Å². The summed E-state index contributed by atoms with van der Waals surface area (Å²) in [4.78, 5) is 24.0. The van der Waals surface area contributed by atoms with Gasteiger partial charge < -0.3 is 9.42 Å². The van der Waals surface area contributed by atoms with Crippen LogP contribution in [0, 0.1) is 13.8 Å². The van der Waals surface area contributed by atoms with Gasteiger partial charge in [-0.25, -0.2) is 0 Å². The van der Waals surface area contributed by atoms with Crippen molar-refractivity contribution in [2.24, 2.45) is 0 Å². The van der Waals surface area contributed by atoms with Gasteiger partial charge in [-0.05, 0) is 13.8 Å². The minimum absolute atomic E-state index is 0.304. The fourth-order valence-electron chi connectivity index (χ4n) is 1.69. The second-order valence-electron chi connectivity index (χ2n) is 3.70. The lowest BCUT2D eigenvalue weighted by Gasteiger charge is -2.13. The quantitative estimate of drug-likeness (QED) is 0.667. The van der Waals surface area contributed by atoms with Crippen LogP contribution in [-0.4, -0.2) is 28.3 Å². The van der Waals surface area contributed by atoms with Gasteiger partial charge in [0.2, 0.25) is 5.78 Å². The first-order valence-electron chi connectivity index (χ1n) is 4.83. The number of amides is 1. The van der Waals surface area contributed by atoms with Crippen molar-refractivity contribution in [3.8, 4) is 0 Å². The van der Waals surface area contributed by atoms with Crippen LogP contribution in [0.15, 0.2) is 4.52 Å². The Hall–Kier alpha value is -1.65. The van der Waals surface area contributed by atoms with Gasteiger partial charge in [-0.1, -0.05) is 5.16 Å². The molecule has 0 bridgehead atoms. The lowest BCUT2D eigenvalue weighted by Crippen LogP contribution is -2.27. The summed E-state index contributed by atoms with van der Waals surface area (Å²) >= 11 is 0. The third kappa shape index (κ3) is 1.65. The lowest BCUT2D eigenvalue weighted by atomic mass is 10.2. The maximum Gasteiger partial charge on any atom is 0.290 e. The third-order valence-electron chi connectivity index (χ3n) is 2.66. The van der Waals surface area contributed by atoms with Crippen LogP contribution in [-0.2, 0) is 16.1 Å². The van der Waals surface area contributed by atoms with E-state index in [9.17, 15) is 9.59 Å². The van der Waals surface area contributed by atoms with Crippen molar-refractivity contribution in [3.63, 3.8) is 0 Å². The molecule has 80 valence electrons. The van der Waals surface area contributed by atoms with Crippen molar-refractivity contribution < 1.29 is 14.1 Å². The maximum atomic E-state index is 11.4. The highest BCUT2D eigenvalue weighted by molar-refractivity contribution is 6.37. The van der Waals surface area contributed by atoms with E-state index in [0.717, 1.165) is 11.3 Å². The molecule has 5 heteroatoms. The van der Waals surface area contributed by atoms with Crippen molar-refractivity contribution in [2.75, 3.05) is 6.54 Å². The van der Waals surface area contributed by atoms with E-state index in [1.54, 1.807) is 6.92 Å². The Morgan fingerprint density at radius 1 is 1.40 bits per heavy atom. The number of hydrogen-bond acceptors (Lipinski definition) is 4. The summed E-state index contributed by atoms with van der Waals surface area (Å²) in [5, 5.41) is 3.80. The standard InChI is InChI=1S/C10H12N2O3/c1-6-8(7(2)15-11-6)5-12-4-3-9(13)10(12)14/h3-5H2,1-2H3. The predicted molar refractivity (Wildman–Crippen MR) is 51.0 cm³/mol. The van der Waals surface area contributed by atoms with Crippen molar-refractivity contribution in [3.05, 3.63) is 17.0 Å². The normalized spacial score (nSPS) is 16.5. The van der Waals surface area contributed by atoms with E-state index >= 15 is 0 Å². The molecule has 1 aromatic heterocycles. The van der Waals surface area contributed by atoms with Gasteiger partial charge >= 0.3 is 0 Å². The number of likely N-dealkylation sites (tertiary alicyclic amines) is 1. The summed E-state index contributed by atoms with van der Waals surface area (Å²) in [6.45, 7) is 4.55. The molecule has 5 nitrogen and oxygen atoms in total. The van der Waals surface area contributed by atoms with Crippen LogP contribution < -0.4 is 0 Å². The van der Waals surface area contributed by atoms with E-state index < -0.39 is 5.91 Å². The molecule has 2 rings (SSSR count). The molecule has 0 spiro atoms. The van der Waals surface area contributed by atoms with Crippen LogP contribution >= 0.6 is 0 Å². The average Bonchev–Trinajstić information content (AvgIpc) is 2.68. The van der Waals surface area contributed by atoms with Crippen LogP contribution in [0.25, 0.3) is 0 Å². The Morgan fingerprint density at radius 3 is 2.60 bits per heavy atom. The molecule has 0 radical (unpaired) electrons. The molecule has 0 aromatic carbocycles. The van der Waals surface area contributed by atoms with Crippen molar-refractivity contribution in [1.29, 1.82) is 0 Å². The van der Waals surface area contributed by atoms with Crippen LogP contribution in [0.3, 0.4) is 0 Å². The summed E-state index contributed by atoms with van der Waals surface area (Å²) in [6.07, 6.45) is 0.322. The number of ketones is 1. The SMILES string of the molecule is Cc1noc(C)c1CN1CCC(=O)C1=O. The number of aryl methyl sites for hydroxylation is 2. The number of aromatic nitrogens is 1. The maximum absolute atomic E-state index is 11.4. The Balaban J connectivity index is 2.16. The summed E-state index contributed by atoms with van der Waals surface area (Å²) in [7, 11) is 0. The Kier molecular flexibility index (Phi) is 2.30. The van der Waals surface area contributed by atoms with E-state index in [1.165, 1.54) is 4.90 Å². The minimum Gasteiger partial charge on any atom is -0.361 e. The zero-order valence-electron chi connectivity index (χ0n) is 8.74. The topological polar surface area (TPSA) is 63.4 Å². The molecule has 0 atom stereocenters. The highest BCUT2D eigenvalue weighted by Crippen LogP contribution is 2.17. The molecule has 1 aliphatic rings. The van der Waals surface area contributed by atoms with Gasteiger partial charge in [-0.3, -0.25) is 9.59 Å². The number of carbonyl (C=O) groups is 2. The number of carbonyl (C=O) groups excluding carboxylic acids is 2. The summed E-state index contributed by atoms with van der Waals surface area (Å²) in [6, 6.07) is 0. The number of rotatable bonds is 2. The van der Waals surface area contributed by atoms with Crippen LogP contribution in [0.5, 0.6) is 0 Å². The van der Waals surface area contributed by atoms with Crippen molar-refractivity contribution >= 4 is 11.7 Å². The van der Waals surface area contributed by atoms with Crippen molar-refractivity contribution in [2.45, 2.75) is 26.8 Å². The van der Waals surface area contributed by atoms with E-state index in [2.05, 4.69) is 5.16 Å². The average molecular weight is 208 g/mol. The Bertz CT molecular complexity index is 403. The van der Waals surface area contributed by atoms with Gasteiger partial charge in [0.25, 0.3) is 5.91 Å². The molecule has 15 heavy (non-hydrogen) atoms. The third-order valence-corrected chi connectivity index (χ3v) is 2.66. The van der Waals surface area contributed by atoms with E-state index in [0.29, 0.717) is 25.3 Å². The summed E-state index contributed by atoms with van der Waals surface area (Å²) < 4.78 is 4.99. The molecule has 0 N–H and O–H groups in total. The fraction of sp³-hybridized carbons (Fsp3) is 0.500. The predicted octanol–water partition coefficient (Wildman–Crippen LogP) is 0.593. The first-order valence-corrected chi connectivity index (χ1v) is 4.83. The molecular formula is C10H12N2O3. The van der Waals surface area contributed by atoms with E-state index in [4.69, 9.17) is 4.52 Å². The van der Waals surface area contributed by atoms with Gasteiger partial charge in [0.1, 0.15) is 5.76 Å². The smallest absolute Gasteiger partial charge is 0.290 e. The van der Waals surface area contributed by atoms with Crippen LogP contribution in [0.1, 0.15) is 23.4 Å². The molecule has 0 aliphatic carbocycles. The van der Waals surface area contributed by atoms with Crippen molar-refractivity contribution in [1.82, 2.24) is 10.1 Å². The molecule has 1 aliphatic heterocycles. The van der Waals surface area contributed by atoms with E-state index in [1.807, 2.05) is 6.92 Å². The molecule has 1 amide bonds. The monoisotopic (exact) mass is 208 g/mol. The molecule has 0 unspecified atom stereocenters. The van der Waals surface area contributed by atoms with Crippen LogP contribution in [0.2, 0.25) is 0 Å². The van der Waals surface area contributed by atoms with Gasteiger partial charge in [0.05, 0.1) is 12.2 Å². The summed E-state index contributed by atoms with van der Waals surface area (Å²) in [5.74, 6) is 0.0106. The second-order valence-corrected chi connectivity index (χ2v) is 3.70. The van der Waals surface area contributed by atoms with E-state index in [-0.39, 0.29) is 5.78 Å². The molecule has 1 aromatic rings. The highest BCUT2D eigenvalue weighted by atomic mass is 16.5. The van der Waals surface area contributed by atoms with Gasteiger partial charge in [-0.2, -0.15) is 0 Å². The second kappa shape index (κ2) is 3.49. The number of hydrogen-bond donors (Lipinski definition) is 0. The Morgan fingerprint density at radius 2 is 2.13 bits per heavy atom. The largest absolute Gasteiger partial charge is 0.361 e. The zero-order chi connectivity index (χ0) is 11.0. The summed E-state index contributed by atoms with van der Waals surface area (Å²) in [5.41, 5.74) is 1.68. The zero-order valence-corrected chi connectivity index (χ0v) is 8.74. The molecule has 1 saturated heterocycles. The number of nitrogens with zero attached hydrogens (tertiary/aromatic N) is 2. The minimum atomic E-state index is -0.394. The number of Topliss-reactive ketones (excluding diaryl/α,β-unsaturated/α-hetero) is 1. The highest BCUT2D eigenvalue weighted by Gasteiger charge is 2.30. The molecule has 0 saturated carbocycles.